The van der Waals surface area contributed by atoms with Gasteiger partial charge in [0.25, 0.3) is 0 Å². The highest BCUT2D eigenvalue weighted by Crippen LogP contribution is 2.44. The Balaban J connectivity index is 1.46. The average molecular weight is 436 g/mol. The van der Waals surface area contributed by atoms with Crippen LogP contribution in [0.25, 0.3) is 11.1 Å². The van der Waals surface area contributed by atoms with Gasteiger partial charge in [0.05, 0.1) is 0 Å². The standard InChI is InChI=1S/C25H22ClNO4/c26-23-12-6-1-7-17(23)13-14-27(15-24(28)29)25(30)31-16-22-20-10-4-2-8-18(20)19-9-3-5-11-21(19)22/h1-12,22H,13-16H2,(H,28,29). The molecule has 3 aromatic carbocycles. The van der Waals surface area contributed by atoms with Crippen LogP contribution >= 0.6 is 11.6 Å². The molecule has 0 radical (unpaired) electrons. The number of hydrogen-bond acceptors (Lipinski definition) is 3. The van der Waals surface area contributed by atoms with E-state index in [1.807, 2.05) is 54.6 Å². The van der Waals surface area contributed by atoms with Crippen LogP contribution in [0.5, 0.6) is 0 Å². The van der Waals surface area contributed by atoms with Crippen LogP contribution in [0, 0.1) is 0 Å². The van der Waals surface area contributed by atoms with Crippen LogP contribution in [0.1, 0.15) is 22.6 Å². The molecule has 6 heteroatoms. The number of amides is 1. The molecule has 0 spiro atoms. The zero-order valence-electron chi connectivity index (χ0n) is 16.8. The maximum Gasteiger partial charge on any atom is 0.410 e. The van der Waals surface area contributed by atoms with Gasteiger partial charge in [0.15, 0.2) is 0 Å². The van der Waals surface area contributed by atoms with E-state index >= 15 is 0 Å². The number of benzene rings is 3. The Bertz CT molecular complexity index is 1070. The number of nitrogens with zero attached hydrogens (tertiary/aromatic N) is 1. The van der Waals surface area contributed by atoms with Crippen LogP contribution in [0.4, 0.5) is 4.79 Å². The minimum absolute atomic E-state index is 0.0772. The van der Waals surface area contributed by atoms with Crippen molar-refractivity contribution in [2.75, 3.05) is 19.7 Å². The highest BCUT2D eigenvalue weighted by Gasteiger charge is 2.30. The lowest BCUT2D eigenvalue weighted by atomic mass is 9.98. The molecule has 1 aliphatic carbocycles. The SMILES string of the molecule is O=C(O)CN(CCc1ccccc1Cl)C(=O)OCC1c2ccccc2-c2ccccc21. The van der Waals surface area contributed by atoms with Gasteiger partial charge >= 0.3 is 12.1 Å². The van der Waals surface area contributed by atoms with Crippen molar-refractivity contribution in [2.45, 2.75) is 12.3 Å². The van der Waals surface area contributed by atoms with Crippen molar-refractivity contribution < 1.29 is 19.4 Å². The minimum atomic E-state index is -1.09. The molecular formula is C25H22ClNO4. The van der Waals surface area contributed by atoms with Gasteiger partial charge < -0.3 is 9.84 Å². The van der Waals surface area contributed by atoms with Gasteiger partial charge in [-0.05, 0) is 40.3 Å². The summed E-state index contributed by atoms with van der Waals surface area (Å²) in [4.78, 5) is 25.3. The lowest BCUT2D eigenvalue weighted by molar-refractivity contribution is -0.138. The van der Waals surface area contributed by atoms with Crippen molar-refractivity contribution >= 4 is 23.7 Å². The lowest BCUT2D eigenvalue weighted by Gasteiger charge is -2.22. The van der Waals surface area contributed by atoms with Crippen molar-refractivity contribution in [3.8, 4) is 11.1 Å². The summed E-state index contributed by atoms with van der Waals surface area (Å²) in [6.45, 7) is -0.0805. The molecule has 5 nitrogen and oxygen atoms in total. The van der Waals surface area contributed by atoms with E-state index in [9.17, 15) is 14.7 Å². The van der Waals surface area contributed by atoms with Gasteiger partial charge in [-0.25, -0.2) is 4.79 Å². The van der Waals surface area contributed by atoms with Crippen LogP contribution in [-0.2, 0) is 16.0 Å². The summed E-state index contributed by atoms with van der Waals surface area (Å²) in [5.74, 6) is -1.17. The number of carbonyl (C=O) groups is 2. The van der Waals surface area contributed by atoms with Crippen molar-refractivity contribution in [3.63, 3.8) is 0 Å². The van der Waals surface area contributed by atoms with Crippen molar-refractivity contribution in [3.05, 3.63) is 94.5 Å². The summed E-state index contributed by atoms with van der Waals surface area (Å²) in [6, 6.07) is 23.5. The van der Waals surface area contributed by atoms with Crippen LogP contribution < -0.4 is 0 Å². The van der Waals surface area contributed by atoms with Crippen molar-refractivity contribution in [1.29, 1.82) is 0 Å². The summed E-state index contributed by atoms with van der Waals surface area (Å²) < 4.78 is 5.61. The highest BCUT2D eigenvalue weighted by atomic mass is 35.5. The predicted octanol–water partition coefficient (Wildman–Crippen LogP) is 5.22. The number of rotatable bonds is 7. The number of carboxylic acids is 1. The second-order valence-electron chi connectivity index (χ2n) is 7.46. The van der Waals surface area contributed by atoms with E-state index in [1.165, 1.54) is 4.90 Å². The Morgan fingerprint density at radius 3 is 2.10 bits per heavy atom. The molecular weight excluding hydrogens is 414 g/mol. The van der Waals surface area contributed by atoms with Crippen LogP contribution in [-0.4, -0.2) is 41.8 Å². The number of carboxylic acid groups (broad SMARTS) is 1. The molecule has 31 heavy (non-hydrogen) atoms. The number of halogens is 1. The van der Waals surface area contributed by atoms with Gasteiger partial charge in [-0.15, -0.1) is 0 Å². The van der Waals surface area contributed by atoms with Crippen LogP contribution in [0.2, 0.25) is 5.02 Å². The molecule has 0 aromatic heterocycles. The van der Waals surface area contributed by atoms with Gasteiger partial charge in [0, 0.05) is 17.5 Å². The van der Waals surface area contributed by atoms with E-state index in [1.54, 1.807) is 6.07 Å². The third kappa shape index (κ3) is 4.57. The fourth-order valence-electron chi connectivity index (χ4n) is 4.04. The van der Waals surface area contributed by atoms with Gasteiger partial charge in [0.2, 0.25) is 0 Å². The molecule has 0 heterocycles. The molecule has 0 saturated carbocycles. The van der Waals surface area contributed by atoms with E-state index in [0.29, 0.717) is 11.4 Å². The monoisotopic (exact) mass is 435 g/mol. The topological polar surface area (TPSA) is 66.8 Å². The predicted molar refractivity (Wildman–Crippen MR) is 119 cm³/mol. The van der Waals surface area contributed by atoms with Gasteiger partial charge in [-0.3, -0.25) is 9.69 Å². The fourth-order valence-corrected chi connectivity index (χ4v) is 4.27. The molecule has 3 aromatic rings. The molecule has 0 fully saturated rings. The summed E-state index contributed by atoms with van der Waals surface area (Å²) in [5.41, 5.74) is 5.35. The average Bonchev–Trinajstić information content (AvgIpc) is 3.09. The summed E-state index contributed by atoms with van der Waals surface area (Å²) in [5, 5.41) is 9.84. The van der Waals surface area contributed by atoms with E-state index < -0.39 is 18.6 Å². The quantitative estimate of drug-likeness (QED) is 0.552. The molecule has 1 amide bonds. The summed E-state index contributed by atoms with van der Waals surface area (Å²) >= 11 is 6.19. The first-order valence-electron chi connectivity index (χ1n) is 10.1. The van der Waals surface area contributed by atoms with Crippen LogP contribution in [0.3, 0.4) is 0 Å². The number of hydrogen-bond donors (Lipinski definition) is 1. The number of carbonyl (C=O) groups excluding carboxylic acids is 1. The number of fused-ring (bicyclic) bond motifs is 3. The molecule has 0 unspecified atom stereocenters. The molecule has 1 aliphatic rings. The lowest BCUT2D eigenvalue weighted by Crippen LogP contribution is -2.38. The second kappa shape index (κ2) is 9.23. The van der Waals surface area contributed by atoms with Crippen molar-refractivity contribution in [2.24, 2.45) is 0 Å². The largest absolute Gasteiger partial charge is 0.480 e. The molecule has 158 valence electrons. The normalized spacial score (nSPS) is 12.2. The van der Waals surface area contributed by atoms with E-state index in [-0.39, 0.29) is 19.1 Å². The zero-order chi connectivity index (χ0) is 21.8. The number of aliphatic carboxylic acids is 1. The third-order valence-electron chi connectivity index (χ3n) is 5.53. The Morgan fingerprint density at radius 1 is 0.903 bits per heavy atom. The first-order chi connectivity index (χ1) is 15.0. The van der Waals surface area contributed by atoms with E-state index in [2.05, 4.69) is 12.1 Å². The van der Waals surface area contributed by atoms with Crippen molar-refractivity contribution in [1.82, 2.24) is 4.90 Å². The first kappa shape index (κ1) is 20.9. The summed E-state index contributed by atoms with van der Waals surface area (Å²) in [7, 11) is 0. The fraction of sp³-hybridized carbons (Fsp3) is 0.200. The molecule has 1 N–H and O–H groups in total. The molecule has 4 rings (SSSR count). The van der Waals surface area contributed by atoms with Gasteiger partial charge in [-0.2, -0.15) is 0 Å². The minimum Gasteiger partial charge on any atom is -0.480 e. The Labute approximate surface area is 185 Å². The first-order valence-corrected chi connectivity index (χ1v) is 10.5. The third-order valence-corrected chi connectivity index (χ3v) is 5.90. The number of ether oxygens (including phenoxy) is 1. The summed E-state index contributed by atoms with van der Waals surface area (Å²) in [6.07, 6.45) is -0.201. The molecule has 0 aliphatic heterocycles. The molecule has 0 bridgehead atoms. The zero-order valence-corrected chi connectivity index (χ0v) is 17.6. The Morgan fingerprint density at radius 2 is 1.48 bits per heavy atom. The maximum absolute atomic E-state index is 12.8. The van der Waals surface area contributed by atoms with Crippen LogP contribution in [0.15, 0.2) is 72.8 Å². The molecule has 0 atom stereocenters. The Kier molecular flexibility index (Phi) is 6.23. The van der Waals surface area contributed by atoms with E-state index in [0.717, 1.165) is 27.8 Å². The second-order valence-corrected chi connectivity index (χ2v) is 7.87. The maximum atomic E-state index is 12.8. The smallest absolute Gasteiger partial charge is 0.410 e. The Hall–Kier alpha value is -3.31. The van der Waals surface area contributed by atoms with E-state index in [4.69, 9.17) is 16.3 Å². The van der Waals surface area contributed by atoms with Gasteiger partial charge in [0.1, 0.15) is 13.2 Å². The van der Waals surface area contributed by atoms with Gasteiger partial charge in [-0.1, -0.05) is 78.3 Å². The molecule has 0 saturated heterocycles. The highest BCUT2D eigenvalue weighted by molar-refractivity contribution is 6.31.